The molecule has 0 spiro atoms. The van der Waals surface area contributed by atoms with E-state index < -0.39 is 0 Å². The fraction of sp³-hybridized carbons (Fsp3) is 0.154. The fourth-order valence-electron chi connectivity index (χ4n) is 4.15. The first-order valence-corrected chi connectivity index (χ1v) is 11.7. The van der Waals surface area contributed by atoms with Crippen LogP contribution < -0.4 is 10.2 Å². The number of aryl methyl sites for hydroxylation is 2. The summed E-state index contributed by atoms with van der Waals surface area (Å²) in [5.74, 6) is 1.40. The minimum Gasteiger partial charge on any atom is -0.459 e. The normalized spacial score (nSPS) is 17.9. The van der Waals surface area contributed by atoms with Crippen molar-refractivity contribution in [3.05, 3.63) is 106 Å². The van der Waals surface area contributed by atoms with Gasteiger partial charge in [-0.25, -0.2) is 0 Å². The number of hydrogen-bond acceptors (Lipinski definition) is 3. The predicted molar refractivity (Wildman–Crippen MR) is 138 cm³/mol. The molecule has 0 bridgehead atoms. The largest absolute Gasteiger partial charge is 0.459 e. The molecule has 0 amide bonds. The van der Waals surface area contributed by atoms with Crippen LogP contribution in [-0.2, 0) is 0 Å². The number of aromatic nitrogens is 1. The van der Waals surface area contributed by atoms with Crippen LogP contribution in [0.5, 0.6) is 0 Å². The lowest BCUT2D eigenvalue weighted by molar-refractivity contribution is 0.439. The number of halogens is 2. The van der Waals surface area contributed by atoms with Crippen molar-refractivity contribution in [1.82, 2.24) is 10.3 Å². The van der Waals surface area contributed by atoms with Crippen LogP contribution in [-0.4, -0.2) is 10.1 Å². The minimum atomic E-state index is -0.235. The summed E-state index contributed by atoms with van der Waals surface area (Å²) < 4.78 is 6.38. The van der Waals surface area contributed by atoms with Crippen LogP contribution in [0, 0.1) is 13.8 Å². The number of rotatable bonds is 4. The van der Waals surface area contributed by atoms with E-state index in [0.717, 1.165) is 22.7 Å². The summed E-state index contributed by atoms with van der Waals surface area (Å²) >= 11 is 18.5. The Morgan fingerprint density at radius 2 is 1.82 bits per heavy atom. The van der Waals surface area contributed by atoms with Gasteiger partial charge >= 0.3 is 0 Å². The third kappa shape index (κ3) is 4.01. The molecule has 2 aromatic heterocycles. The van der Waals surface area contributed by atoms with Crippen molar-refractivity contribution in [3.63, 3.8) is 0 Å². The van der Waals surface area contributed by atoms with Crippen LogP contribution in [0.25, 0.3) is 11.3 Å². The maximum Gasteiger partial charge on any atom is 0.174 e. The van der Waals surface area contributed by atoms with E-state index in [9.17, 15) is 0 Å². The summed E-state index contributed by atoms with van der Waals surface area (Å²) in [5.41, 5.74) is 5.05. The maximum absolute atomic E-state index is 6.46. The van der Waals surface area contributed by atoms with Gasteiger partial charge in [0.15, 0.2) is 5.11 Å². The van der Waals surface area contributed by atoms with Crippen molar-refractivity contribution in [2.24, 2.45) is 0 Å². The molecule has 4 aromatic rings. The van der Waals surface area contributed by atoms with Gasteiger partial charge in [-0.2, -0.15) is 0 Å². The molecule has 33 heavy (non-hydrogen) atoms. The van der Waals surface area contributed by atoms with Gasteiger partial charge in [-0.05, 0) is 85.7 Å². The van der Waals surface area contributed by atoms with Gasteiger partial charge in [-0.15, -0.1) is 0 Å². The zero-order chi connectivity index (χ0) is 23.1. The van der Waals surface area contributed by atoms with Gasteiger partial charge in [0.2, 0.25) is 0 Å². The Kier molecular flexibility index (Phi) is 5.87. The molecule has 1 aliphatic heterocycles. The van der Waals surface area contributed by atoms with Crippen LogP contribution in [0.15, 0.2) is 77.3 Å². The third-order valence-electron chi connectivity index (χ3n) is 6.00. The maximum atomic E-state index is 6.46. The Balaban J connectivity index is 1.62. The van der Waals surface area contributed by atoms with Crippen LogP contribution in [0.3, 0.4) is 0 Å². The van der Waals surface area contributed by atoms with E-state index in [1.807, 2.05) is 42.5 Å². The lowest BCUT2D eigenvalue weighted by atomic mass is 10.0. The van der Waals surface area contributed by atoms with Crippen molar-refractivity contribution in [1.29, 1.82) is 0 Å². The van der Waals surface area contributed by atoms with Gasteiger partial charge in [0.05, 0.1) is 21.8 Å². The van der Waals surface area contributed by atoms with E-state index in [1.54, 1.807) is 12.3 Å². The summed E-state index contributed by atoms with van der Waals surface area (Å²) in [6.45, 7) is 4.20. The number of nitrogens with one attached hydrogen (secondary N) is 1. The zero-order valence-electron chi connectivity index (χ0n) is 18.0. The standard InChI is InChI=1S/C26H21Cl2N3OS/c1-15-9-10-17(14-16(15)2)31-25(24(30-26(31)33)20-8-3-4-13-29-20)22-12-11-21(32-22)18-6-5-7-19(27)23(18)28/h3-14,24-25H,1-2H3,(H,30,33)/t24-,25+/m1/s1. The molecule has 4 nitrogen and oxygen atoms in total. The molecule has 0 unspecified atom stereocenters. The van der Waals surface area contributed by atoms with Gasteiger partial charge in [0.25, 0.3) is 0 Å². The monoisotopic (exact) mass is 493 g/mol. The Morgan fingerprint density at radius 1 is 0.970 bits per heavy atom. The Hall–Kier alpha value is -2.86. The van der Waals surface area contributed by atoms with Crippen LogP contribution >= 0.6 is 35.4 Å². The van der Waals surface area contributed by atoms with E-state index in [1.165, 1.54) is 11.1 Å². The number of pyridine rings is 1. The molecule has 1 fully saturated rings. The van der Waals surface area contributed by atoms with E-state index in [2.05, 4.69) is 47.2 Å². The number of benzene rings is 2. The molecule has 1 saturated heterocycles. The van der Waals surface area contributed by atoms with Crippen LogP contribution in [0.2, 0.25) is 10.0 Å². The summed E-state index contributed by atoms with van der Waals surface area (Å²) in [6, 6.07) is 21.2. The minimum absolute atomic E-state index is 0.186. The van der Waals surface area contributed by atoms with Gasteiger partial charge < -0.3 is 14.6 Å². The first kappa shape index (κ1) is 22.0. The van der Waals surface area contributed by atoms with Crippen LogP contribution in [0.1, 0.15) is 34.7 Å². The predicted octanol–water partition coefficient (Wildman–Crippen LogP) is 7.44. The fourth-order valence-corrected chi connectivity index (χ4v) is 4.89. The molecule has 0 aliphatic carbocycles. The van der Waals surface area contributed by atoms with Gasteiger partial charge in [-0.1, -0.05) is 41.4 Å². The molecule has 7 heteroatoms. The molecule has 0 radical (unpaired) electrons. The molecule has 1 N–H and O–H groups in total. The van der Waals surface area contributed by atoms with Crippen molar-refractivity contribution >= 4 is 46.2 Å². The Labute approximate surface area is 208 Å². The quantitative estimate of drug-likeness (QED) is 0.299. The number of nitrogens with zero attached hydrogens (tertiary/aromatic N) is 2. The molecule has 2 atom stereocenters. The molecule has 2 aromatic carbocycles. The lowest BCUT2D eigenvalue weighted by Crippen LogP contribution is -2.29. The molecule has 3 heterocycles. The highest BCUT2D eigenvalue weighted by molar-refractivity contribution is 7.80. The topological polar surface area (TPSA) is 41.3 Å². The first-order valence-electron chi connectivity index (χ1n) is 10.6. The van der Waals surface area contributed by atoms with E-state index in [4.69, 9.17) is 39.8 Å². The highest BCUT2D eigenvalue weighted by Crippen LogP contribution is 2.44. The number of thiocarbonyl (C=S) groups is 1. The van der Waals surface area contributed by atoms with Crippen molar-refractivity contribution < 1.29 is 4.42 Å². The molecule has 166 valence electrons. The summed E-state index contributed by atoms with van der Waals surface area (Å²) in [4.78, 5) is 6.69. The zero-order valence-corrected chi connectivity index (χ0v) is 20.4. The summed E-state index contributed by atoms with van der Waals surface area (Å²) in [6.07, 6.45) is 1.79. The number of hydrogen-bond donors (Lipinski definition) is 1. The second kappa shape index (κ2) is 8.82. The van der Waals surface area contributed by atoms with E-state index in [0.29, 0.717) is 20.9 Å². The highest BCUT2D eigenvalue weighted by Gasteiger charge is 2.42. The van der Waals surface area contributed by atoms with E-state index in [-0.39, 0.29) is 12.1 Å². The lowest BCUT2D eigenvalue weighted by Gasteiger charge is -2.26. The Morgan fingerprint density at radius 3 is 2.58 bits per heavy atom. The molecule has 5 rings (SSSR count). The molecular formula is C26H21Cl2N3OS. The van der Waals surface area contributed by atoms with Gasteiger partial charge in [0, 0.05) is 17.4 Å². The molecular weight excluding hydrogens is 473 g/mol. The van der Waals surface area contributed by atoms with Crippen molar-refractivity contribution in [2.45, 2.75) is 25.9 Å². The number of furan rings is 1. The van der Waals surface area contributed by atoms with Gasteiger partial charge in [0.1, 0.15) is 17.6 Å². The first-order chi connectivity index (χ1) is 15.9. The average Bonchev–Trinajstić information content (AvgIpc) is 3.43. The summed E-state index contributed by atoms with van der Waals surface area (Å²) in [5, 5.41) is 5.03. The Bertz CT molecular complexity index is 1340. The number of anilines is 1. The van der Waals surface area contributed by atoms with Crippen molar-refractivity contribution in [2.75, 3.05) is 4.90 Å². The highest BCUT2D eigenvalue weighted by atomic mass is 35.5. The van der Waals surface area contributed by atoms with E-state index >= 15 is 0 Å². The SMILES string of the molecule is Cc1ccc(N2C(=S)N[C@H](c3ccccn3)[C@@H]2c2ccc(-c3cccc(Cl)c3Cl)o2)cc1C. The second-order valence-electron chi connectivity index (χ2n) is 8.07. The smallest absolute Gasteiger partial charge is 0.174 e. The molecule has 1 aliphatic rings. The van der Waals surface area contributed by atoms with Gasteiger partial charge in [-0.3, -0.25) is 4.98 Å². The van der Waals surface area contributed by atoms with Crippen molar-refractivity contribution in [3.8, 4) is 11.3 Å². The summed E-state index contributed by atoms with van der Waals surface area (Å²) in [7, 11) is 0. The third-order valence-corrected chi connectivity index (χ3v) is 7.14. The van der Waals surface area contributed by atoms with Crippen LogP contribution in [0.4, 0.5) is 5.69 Å². The average molecular weight is 494 g/mol. The second-order valence-corrected chi connectivity index (χ2v) is 9.24. The molecule has 0 saturated carbocycles.